The highest BCUT2D eigenvalue weighted by Crippen LogP contribution is 2.22. The Morgan fingerprint density at radius 1 is 1.23 bits per heavy atom. The van der Waals surface area contributed by atoms with Gasteiger partial charge in [-0.05, 0) is 50.3 Å². The first kappa shape index (κ1) is 20.2. The maximum atomic E-state index is 13.9. The minimum absolute atomic E-state index is 0.00687. The SMILES string of the molecule is CN=C(NCc1ccc(F)c(CN(C)C)c1)NC(C)c1ccccc1Cl. The van der Waals surface area contributed by atoms with Gasteiger partial charge in [0.15, 0.2) is 5.96 Å². The van der Waals surface area contributed by atoms with Crippen LogP contribution >= 0.6 is 11.6 Å². The summed E-state index contributed by atoms with van der Waals surface area (Å²) in [6.07, 6.45) is 0. The quantitative estimate of drug-likeness (QED) is 0.592. The number of nitrogens with one attached hydrogen (secondary N) is 2. The summed E-state index contributed by atoms with van der Waals surface area (Å²) < 4.78 is 13.9. The van der Waals surface area contributed by atoms with Gasteiger partial charge >= 0.3 is 0 Å². The van der Waals surface area contributed by atoms with Crippen LogP contribution in [0.25, 0.3) is 0 Å². The zero-order valence-corrected chi connectivity index (χ0v) is 16.4. The van der Waals surface area contributed by atoms with Crippen LogP contribution in [0.15, 0.2) is 47.5 Å². The number of nitrogens with zero attached hydrogens (tertiary/aromatic N) is 2. The van der Waals surface area contributed by atoms with Crippen LogP contribution in [0, 0.1) is 5.82 Å². The average molecular weight is 377 g/mol. The smallest absolute Gasteiger partial charge is 0.191 e. The molecule has 0 aliphatic carbocycles. The Hall–Kier alpha value is -2.11. The monoisotopic (exact) mass is 376 g/mol. The summed E-state index contributed by atoms with van der Waals surface area (Å²) in [6.45, 7) is 3.15. The third kappa shape index (κ3) is 5.71. The van der Waals surface area contributed by atoms with E-state index in [-0.39, 0.29) is 11.9 Å². The lowest BCUT2D eigenvalue weighted by atomic mass is 10.1. The van der Waals surface area contributed by atoms with Crippen molar-refractivity contribution in [1.82, 2.24) is 15.5 Å². The number of hydrogen-bond acceptors (Lipinski definition) is 2. The lowest BCUT2D eigenvalue weighted by molar-refractivity contribution is 0.392. The molecule has 0 saturated heterocycles. The molecule has 0 radical (unpaired) electrons. The average Bonchev–Trinajstić information content (AvgIpc) is 2.60. The predicted octanol–water partition coefficient (Wildman–Crippen LogP) is 3.97. The Morgan fingerprint density at radius 2 is 1.96 bits per heavy atom. The van der Waals surface area contributed by atoms with Crippen molar-refractivity contribution in [3.8, 4) is 0 Å². The van der Waals surface area contributed by atoms with Gasteiger partial charge in [-0.3, -0.25) is 4.99 Å². The fraction of sp³-hybridized carbons (Fsp3) is 0.350. The van der Waals surface area contributed by atoms with E-state index in [0.717, 1.165) is 16.1 Å². The normalized spacial score (nSPS) is 13.0. The van der Waals surface area contributed by atoms with Gasteiger partial charge in [-0.15, -0.1) is 0 Å². The van der Waals surface area contributed by atoms with Gasteiger partial charge in [0, 0.05) is 30.7 Å². The van der Waals surface area contributed by atoms with Gasteiger partial charge in [-0.25, -0.2) is 4.39 Å². The fourth-order valence-electron chi connectivity index (χ4n) is 2.69. The van der Waals surface area contributed by atoms with Gasteiger partial charge < -0.3 is 15.5 Å². The van der Waals surface area contributed by atoms with Gasteiger partial charge in [0.2, 0.25) is 0 Å². The van der Waals surface area contributed by atoms with Crippen LogP contribution in [0.5, 0.6) is 0 Å². The van der Waals surface area contributed by atoms with E-state index in [1.807, 2.05) is 56.3 Å². The number of rotatable bonds is 6. The number of aliphatic imine (C=N–C) groups is 1. The summed E-state index contributed by atoms with van der Waals surface area (Å²) in [5.74, 6) is 0.480. The van der Waals surface area contributed by atoms with E-state index in [1.165, 1.54) is 6.07 Å². The highest BCUT2D eigenvalue weighted by molar-refractivity contribution is 6.31. The van der Waals surface area contributed by atoms with Crippen LogP contribution in [-0.4, -0.2) is 32.0 Å². The molecular weight excluding hydrogens is 351 g/mol. The second-order valence-electron chi connectivity index (χ2n) is 6.48. The summed E-state index contributed by atoms with van der Waals surface area (Å²) in [6, 6.07) is 12.9. The highest BCUT2D eigenvalue weighted by atomic mass is 35.5. The van der Waals surface area contributed by atoms with Crippen molar-refractivity contribution in [2.24, 2.45) is 4.99 Å². The largest absolute Gasteiger partial charge is 0.352 e. The summed E-state index contributed by atoms with van der Waals surface area (Å²) in [5, 5.41) is 7.31. The van der Waals surface area contributed by atoms with Gasteiger partial charge in [-0.2, -0.15) is 0 Å². The van der Waals surface area contributed by atoms with Gasteiger partial charge in [-0.1, -0.05) is 35.9 Å². The molecule has 0 bridgehead atoms. The Balaban J connectivity index is 2.00. The second-order valence-corrected chi connectivity index (χ2v) is 6.88. The Kier molecular flexibility index (Phi) is 7.42. The minimum atomic E-state index is -0.183. The fourth-order valence-corrected chi connectivity index (χ4v) is 2.99. The summed E-state index contributed by atoms with van der Waals surface area (Å²) in [7, 11) is 5.56. The van der Waals surface area contributed by atoms with Crippen LogP contribution in [0.4, 0.5) is 4.39 Å². The van der Waals surface area contributed by atoms with Gasteiger partial charge in [0.1, 0.15) is 5.82 Å². The number of guanidine groups is 1. The lowest BCUT2D eigenvalue weighted by Crippen LogP contribution is -2.38. The van der Waals surface area contributed by atoms with Crippen molar-refractivity contribution in [2.75, 3.05) is 21.1 Å². The van der Waals surface area contributed by atoms with E-state index >= 15 is 0 Å². The molecule has 0 aromatic heterocycles. The molecule has 0 amide bonds. The molecule has 26 heavy (non-hydrogen) atoms. The first-order valence-electron chi connectivity index (χ1n) is 8.54. The van der Waals surface area contributed by atoms with Crippen molar-refractivity contribution in [1.29, 1.82) is 0 Å². The maximum absolute atomic E-state index is 13.9. The topological polar surface area (TPSA) is 39.7 Å². The van der Waals surface area contributed by atoms with Crippen LogP contribution < -0.4 is 10.6 Å². The van der Waals surface area contributed by atoms with Crippen molar-refractivity contribution in [3.63, 3.8) is 0 Å². The Labute approximate surface area is 160 Å². The molecule has 2 aromatic carbocycles. The molecule has 1 atom stereocenters. The van der Waals surface area contributed by atoms with Gasteiger partial charge in [0.05, 0.1) is 6.04 Å². The van der Waals surface area contributed by atoms with E-state index in [9.17, 15) is 4.39 Å². The molecule has 6 heteroatoms. The molecule has 0 aliphatic heterocycles. The van der Waals surface area contributed by atoms with Crippen molar-refractivity contribution >= 4 is 17.6 Å². The molecule has 0 heterocycles. The Bertz CT molecular complexity index is 761. The number of benzene rings is 2. The molecule has 2 N–H and O–H groups in total. The molecule has 2 rings (SSSR count). The zero-order valence-electron chi connectivity index (χ0n) is 15.7. The molecule has 2 aromatic rings. The van der Waals surface area contributed by atoms with Crippen LogP contribution in [0.3, 0.4) is 0 Å². The summed E-state index contributed by atoms with van der Waals surface area (Å²) >= 11 is 6.25. The zero-order chi connectivity index (χ0) is 19.1. The first-order chi connectivity index (χ1) is 12.4. The molecule has 140 valence electrons. The van der Waals surface area contributed by atoms with Crippen molar-refractivity contribution in [3.05, 3.63) is 70.0 Å². The van der Waals surface area contributed by atoms with E-state index < -0.39 is 0 Å². The maximum Gasteiger partial charge on any atom is 0.191 e. The van der Waals surface area contributed by atoms with Gasteiger partial charge in [0.25, 0.3) is 0 Å². The van der Waals surface area contributed by atoms with E-state index in [1.54, 1.807) is 13.1 Å². The van der Waals surface area contributed by atoms with E-state index in [2.05, 4.69) is 15.6 Å². The number of halogens is 2. The molecule has 1 unspecified atom stereocenters. The second kappa shape index (κ2) is 9.55. The molecule has 0 aliphatic rings. The standard InChI is InChI=1S/C20H26ClFN4/c1-14(17-7-5-6-8-18(17)21)25-20(23-2)24-12-15-9-10-19(22)16(11-15)13-26(3)4/h5-11,14H,12-13H2,1-4H3,(H2,23,24,25). The van der Waals surface area contributed by atoms with E-state index in [0.29, 0.717) is 24.6 Å². The number of hydrogen-bond donors (Lipinski definition) is 2. The highest BCUT2D eigenvalue weighted by Gasteiger charge is 2.11. The summed E-state index contributed by atoms with van der Waals surface area (Å²) in [5.41, 5.74) is 2.69. The van der Waals surface area contributed by atoms with Crippen molar-refractivity contribution < 1.29 is 4.39 Å². The lowest BCUT2D eigenvalue weighted by Gasteiger charge is -2.19. The Morgan fingerprint density at radius 3 is 2.62 bits per heavy atom. The third-order valence-corrected chi connectivity index (χ3v) is 4.35. The van der Waals surface area contributed by atoms with Crippen LogP contribution in [0.1, 0.15) is 29.7 Å². The van der Waals surface area contributed by atoms with Crippen LogP contribution in [0.2, 0.25) is 5.02 Å². The molecular formula is C20H26ClFN4. The molecule has 0 spiro atoms. The predicted molar refractivity (Wildman–Crippen MR) is 107 cm³/mol. The summed E-state index contributed by atoms with van der Waals surface area (Å²) in [4.78, 5) is 6.20. The first-order valence-corrected chi connectivity index (χ1v) is 8.92. The minimum Gasteiger partial charge on any atom is -0.352 e. The molecule has 4 nitrogen and oxygen atoms in total. The van der Waals surface area contributed by atoms with Crippen LogP contribution in [-0.2, 0) is 13.1 Å². The molecule has 0 fully saturated rings. The molecule has 0 saturated carbocycles. The van der Waals surface area contributed by atoms with Crippen molar-refractivity contribution in [2.45, 2.75) is 26.1 Å². The van der Waals surface area contributed by atoms with E-state index in [4.69, 9.17) is 11.6 Å². The third-order valence-electron chi connectivity index (χ3n) is 4.01.